The largest absolute Gasteiger partial charge is 0.481 e. The minimum absolute atomic E-state index is 0.196. The van der Waals surface area contributed by atoms with Gasteiger partial charge < -0.3 is 15.3 Å². The molecule has 0 aromatic rings. The molecule has 1 fully saturated rings. The van der Waals surface area contributed by atoms with Gasteiger partial charge in [-0.25, -0.2) is 0 Å². The molecule has 0 aliphatic heterocycles. The molecule has 4 unspecified atom stereocenters. The number of unbranched alkanes of at least 4 members (excludes halogenated alkanes) is 5. The molecule has 0 heterocycles. The van der Waals surface area contributed by atoms with Gasteiger partial charge in [-0.15, -0.1) is 0 Å². The summed E-state index contributed by atoms with van der Waals surface area (Å²) in [5.74, 6) is 0.420. The second-order valence-electron chi connectivity index (χ2n) is 7.18. The zero-order valence-corrected chi connectivity index (χ0v) is 16.0. The van der Waals surface area contributed by atoms with Crippen LogP contribution in [-0.4, -0.2) is 44.5 Å². The maximum absolute atomic E-state index is 10.5. The summed E-state index contributed by atoms with van der Waals surface area (Å²) in [6.45, 7) is 2.17. The SMILES string of the molecule is CCCCCC(O)CSC1CCC(O)C1CCCCCCC(=O)O. The van der Waals surface area contributed by atoms with Crippen LogP contribution in [0.4, 0.5) is 0 Å². The summed E-state index contributed by atoms with van der Waals surface area (Å²) < 4.78 is 0. The lowest BCUT2D eigenvalue weighted by Crippen LogP contribution is -2.22. The molecule has 0 spiro atoms. The summed E-state index contributed by atoms with van der Waals surface area (Å²) in [6.07, 6.45) is 11.0. The number of carboxylic acids is 1. The highest BCUT2D eigenvalue weighted by atomic mass is 32.2. The van der Waals surface area contributed by atoms with Crippen LogP contribution in [0, 0.1) is 5.92 Å². The molecule has 0 aromatic heterocycles. The zero-order chi connectivity index (χ0) is 17.8. The van der Waals surface area contributed by atoms with E-state index in [1.165, 1.54) is 12.8 Å². The number of aliphatic hydroxyl groups excluding tert-OH is 2. The van der Waals surface area contributed by atoms with Crippen molar-refractivity contribution in [3.63, 3.8) is 0 Å². The fourth-order valence-electron chi connectivity index (χ4n) is 3.55. The molecular formula is C19H36O4S. The Morgan fingerprint density at radius 3 is 2.58 bits per heavy atom. The number of carbonyl (C=O) groups is 1. The van der Waals surface area contributed by atoms with Crippen LogP contribution in [0.2, 0.25) is 0 Å². The Kier molecular flexibility index (Phi) is 11.8. The molecular weight excluding hydrogens is 324 g/mol. The minimum atomic E-state index is -0.713. The van der Waals surface area contributed by atoms with Crippen molar-refractivity contribution in [2.75, 3.05) is 5.75 Å². The summed E-state index contributed by atoms with van der Waals surface area (Å²) >= 11 is 1.85. The molecule has 0 amide bonds. The van der Waals surface area contributed by atoms with Crippen LogP contribution in [0.25, 0.3) is 0 Å². The van der Waals surface area contributed by atoms with E-state index in [9.17, 15) is 15.0 Å². The third kappa shape index (κ3) is 9.28. The number of rotatable bonds is 14. The van der Waals surface area contributed by atoms with Crippen LogP contribution >= 0.6 is 11.8 Å². The average Bonchev–Trinajstić information content (AvgIpc) is 2.89. The third-order valence-corrected chi connectivity index (χ3v) is 6.63. The first-order valence-corrected chi connectivity index (χ1v) is 10.8. The quantitative estimate of drug-likeness (QED) is 0.404. The summed E-state index contributed by atoms with van der Waals surface area (Å²) in [4.78, 5) is 10.5. The standard InChI is InChI=1S/C19H36O4S/c1-2-3-6-9-15(20)14-24-18-13-12-17(21)16(18)10-7-4-5-8-11-19(22)23/h15-18,20-21H,2-14H2,1H3,(H,22,23). The van der Waals surface area contributed by atoms with Crippen molar-refractivity contribution in [3.05, 3.63) is 0 Å². The van der Waals surface area contributed by atoms with Gasteiger partial charge in [0.2, 0.25) is 0 Å². The monoisotopic (exact) mass is 360 g/mol. The van der Waals surface area contributed by atoms with Gasteiger partial charge >= 0.3 is 5.97 Å². The number of carboxylic acid groups (broad SMARTS) is 1. The van der Waals surface area contributed by atoms with Gasteiger partial charge in [0.15, 0.2) is 0 Å². The van der Waals surface area contributed by atoms with Crippen LogP contribution in [0.15, 0.2) is 0 Å². The zero-order valence-electron chi connectivity index (χ0n) is 15.2. The highest BCUT2D eigenvalue weighted by molar-refractivity contribution is 7.99. The Bertz CT molecular complexity index is 337. The molecule has 1 aliphatic rings. The van der Waals surface area contributed by atoms with Crippen molar-refractivity contribution < 1.29 is 20.1 Å². The van der Waals surface area contributed by atoms with Crippen molar-refractivity contribution in [3.8, 4) is 0 Å². The van der Waals surface area contributed by atoms with Gasteiger partial charge in [0.05, 0.1) is 12.2 Å². The Balaban J connectivity index is 2.18. The van der Waals surface area contributed by atoms with Gasteiger partial charge in [-0.2, -0.15) is 11.8 Å². The fraction of sp³-hybridized carbons (Fsp3) is 0.947. The Morgan fingerprint density at radius 2 is 1.88 bits per heavy atom. The molecule has 1 aliphatic carbocycles. The molecule has 0 bridgehead atoms. The van der Waals surface area contributed by atoms with E-state index in [0.29, 0.717) is 11.2 Å². The minimum Gasteiger partial charge on any atom is -0.481 e. The predicted molar refractivity (Wildman–Crippen MR) is 100 cm³/mol. The van der Waals surface area contributed by atoms with Crippen LogP contribution in [0.1, 0.15) is 84.0 Å². The molecule has 5 heteroatoms. The molecule has 3 N–H and O–H groups in total. The normalized spacial score (nSPS) is 25.0. The topological polar surface area (TPSA) is 77.8 Å². The van der Waals surface area contributed by atoms with E-state index in [-0.39, 0.29) is 18.6 Å². The maximum atomic E-state index is 10.5. The second-order valence-corrected chi connectivity index (χ2v) is 8.45. The van der Waals surface area contributed by atoms with Crippen molar-refractivity contribution >= 4 is 17.7 Å². The van der Waals surface area contributed by atoms with E-state index >= 15 is 0 Å². The van der Waals surface area contributed by atoms with E-state index in [4.69, 9.17) is 5.11 Å². The lowest BCUT2D eigenvalue weighted by Gasteiger charge is -2.23. The highest BCUT2D eigenvalue weighted by Crippen LogP contribution is 2.38. The van der Waals surface area contributed by atoms with Crippen LogP contribution < -0.4 is 0 Å². The van der Waals surface area contributed by atoms with Crippen molar-refractivity contribution in [1.29, 1.82) is 0 Å². The van der Waals surface area contributed by atoms with Gasteiger partial charge in [-0.3, -0.25) is 4.79 Å². The van der Waals surface area contributed by atoms with Crippen molar-refractivity contribution in [1.82, 2.24) is 0 Å². The second kappa shape index (κ2) is 13.0. The Morgan fingerprint density at radius 1 is 1.12 bits per heavy atom. The number of hydrogen-bond acceptors (Lipinski definition) is 4. The molecule has 4 nitrogen and oxygen atoms in total. The number of aliphatic carboxylic acids is 1. The van der Waals surface area contributed by atoms with Gasteiger partial charge in [0.1, 0.15) is 0 Å². The first kappa shape index (κ1) is 21.8. The van der Waals surface area contributed by atoms with Crippen LogP contribution in [0.3, 0.4) is 0 Å². The van der Waals surface area contributed by atoms with E-state index in [2.05, 4.69) is 6.92 Å². The molecule has 0 saturated heterocycles. The van der Waals surface area contributed by atoms with Gasteiger partial charge in [-0.1, -0.05) is 45.4 Å². The van der Waals surface area contributed by atoms with Crippen molar-refractivity contribution in [2.45, 2.75) is 101 Å². The molecule has 1 rings (SSSR count). The van der Waals surface area contributed by atoms with Crippen LogP contribution in [0.5, 0.6) is 0 Å². The maximum Gasteiger partial charge on any atom is 0.303 e. The summed E-state index contributed by atoms with van der Waals surface area (Å²) in [7, 11) is 0. The number of thioether (sulfide) groups is 1. The molecule has 4 atom stereocenters. The molecule has 0 radical (unpaired) electrons. The lowest BCUT2D eigenvalue weighted by atomic mass is 9.97. The Labute approximate surface area is 151 Å². The summed E-state index contributed by atoms with van der Waals surface area (Å²) in [5, 5.41) is 29.4. The van der Waals surface area contributed by atoms with Gasteiger partial charge in [-0.05, 0) is 38.0 Å². The number of hydrogen-bond donors (Lipinski definition) is 3. The molecule has 24 heavy (non-hydrogen) atoms. The lowest BCUT2D eigenvalue weighted by molar-refractivity contribution is -0.137. The highest BCUT2D eigenvalue weighted by Gasteiger charge is 2.34. The fourth-order valence-corrected chi connectivity index (χ4v) is 5.06. The number of aliphatic hydroxyl groups is 2. The van der Waals surface area contributed by atoms with Gasteiger partial charge in [0.25, 0.3) is 0 Å². The molecule has 1 saturated carbocycles. The molecule has 0 aromatic carbocycles. The predicted octanol–water partition coefficient (Wildman–Crippen LogP) is 4.23. The average molecular weight is 361 g/mol. The van der Waals surface area contributed by atoms with Crippen LogP contribution in [-0.2, 0) is 4.79 Å². The summed E-state index contributed by atoms with van der Waals surface area (Å²) in [5.41, 5.74) is 0. The van der Waals surface area contributed by atoms with Gasteiger partial charge in [0, 0.05) is 17.4 Å². The Hall–Kier alpha value is -0.260. The van der Waals surface area contributed by atoms with E-state index < -0.39 is 5.97 Å². The third-order valence-electron chi connectivity index (χ3n) is 5.04. The molecule has 142 valence electrons. The summed E-state index contributed by atoms with van der Waals surface area (Å²) in [6, 6.07) is 0. The van der Waals surface area contributed by atoms with Crippen molar-refractivity contribution in [2.24, 2.45) is 5.92 Å². The van der Waals surface area contributed by atoms with E-state index in [1.807, 2.05) is 11.8 Å². The van der Waals surface area contributed by atoms with E-state index in [1.54, 1.807) is 0 Å². The van der Waals surface area contributed by atoms with E-state index in [0.717, 1.165) is 63.5 Å². The first-order valence-electron chi connectivity index (χ1n) is 9.74. The smallest absolute Gasteiger partial charge is 0.303 e. The first-order chi connectivity index (χ1) is 11.5.